The highest BCUT2D eigenvalue weighted by Gasteiger charge is 2.30. The number of carbonyl (C=O) groups is 1. The van der Waals surface area contributed by atoms with Crippen molar-refractivity contribution in [3.63, 3.8) is 0 Å². The van der Waals surface area contributed by atoms with Crippen LogP contribution in [0.25, 0.3) is 10.6 Å². The lowest BCUT2D eigenvalue weighted by Gasteiger charge is -2.14. The summed E-state index contributed by atoms with van der Waals surface area (Å²) in [5.41, 5.74) is 0.0858. The van der Waals surface area contributed by atoms with Gasteiger partial charge in [-0.25, -0.2) is 4.98 Å². The van der Waals surface area contributed by atoms with Crippen LogP contribution in [0, 0.1) is 0 Å². The number of para-hydroxylation sites is 1. The van der Waals surface area contributed by atoms with E-state index in [1.807, 2.05) is 18.2 Å². The molecular weight excluding hydrogens is 433 g/mol. The van der Waals surface area contributed by atoms with E-state index in [4.69, 9.17) is 9.47 Å². The fraction of sp³-hybridized carbons (Fsp3) is 0.238. The third-order valence-corrected chi connectivity index (χ3v) is 5.05. The predicted molar refractivity (Wildman–Crippen MR) is 109 cm³/mol. The molecule has 2 aromatic carbocycles. The molecule has 1 amide bonds. The molecule has 3 rings (SSSR count). The number of aromatic nitrogens is 1. The van der Waals surface area contributed by atoms with Crippen molar-refractivity contribution in [3.05, 3.63) is 65.2 Å². The summed E-state index contributed by atoms with van der Waals surface area (Å²) in [6, 6.07) is 11.6. The van der Waals surface area contributed by atoms with Crippen LogP contribution in [0.5, 0.6) is 11.5 Å². The number of aliphatic hydroxyl groups is 1. The Labute approximate surface area is 180 Å². The fourth-order valence-corrected chi connectivity index (χ4v) is 3.47. The standard InChI is InChI=1S/C21H19F3N2O4S/c1-29-18-8-3-2-7-16(18)20-26-17(12-31-20)19(28)25-10-14(27)11-30-15-6-4-5-13(9-15)21(22,23)24/h2-9,12,14,27H,10-11H2,1H3,(H,25,28). The number of aliphatic hydroxyl groups excluding tert-OH is 1. The van der Waals surface area contributed by atoms with Crippen LogP contribution in [0.1, 0.15) is 16.1 Å². The van der Waals surface area contributed by atoms with Crippen molar-refractivity contribution >= 4 is 17.2 Å². The number of hydrogen-bond acceptors (Lipinski definition) is 6. The first-order valence-electron chi connectivity index (χ1n) is 9.13. The van der Waals surface area contributed by atoms with Gasteiger partial charge in [0.15, 0.2) is 0 Å². The highest BCUT2D eigenvalue weighted by molar-refractivity contribution is 7.13. The van der Waals surface area contributed by atoms with Crippen molar-refractivity contribution in [3.8, 4) is 22.1 Å². The zero-order valence-electron chi connectivity index (χ0n) is 16.3. The highest BCUT2D eigenvalue weighted by Crippen LogP contribution is 2.32. The number of nitrogens with one attached hydrogen (secondary N) is 1. The second kappa shape index (κ2) is 9.80. The van der Waals surface area contributed by atoms with Crippen molar-refractivity contribution < 1.29 is 32.5 Å². The average molecular weight is 452 g/mol. The van der Waals surface area contributed by atoms with Crippen LogP contribution in [-0.2, 0) is 6.18 Å². The largest absolute Gasteiger partial charge is 0.496 e. The zero-order valence-corrected chi connectivity index (χ0v) is 17.2. The Morgan fingerprint density at radius 3 is 2.74 bits per heavy atom. The van der Waals surface area contributed by atoms with Gasteiger partial charge in [0.05, 0.1) is 18.2 Å². The van der Waals surface area contributed by atoms with Crippen LogP contribution in [0.4, 0.5) is 13.2 Å². The molecule has 0 saturated heterocycles. The monoisotopic (exact) mass is 452 g/mol. The molecule has 2 N–H and O–H groups in total. The maximum atomic E-state index is 12.7. The molecule has 0 aliphatic heterocycles. The highest BCUT2D eigenvalue weighted by atomic mass is 32.1. The van der Waals surface area contributed by atoms with Gasteiger partial charge in [-0.05, 0) is 30.3 Å². The van der Waals surface area contributed by atoms with Gasteiger partial charge < -0.3 is 19.9 Å². The van der Waals surface area contributed by atoms with E-state index in [9.17, 15) is 23.1 Å². The van der Waals surface area contributed by atoms with Gasteiger partial charge in [0.2, 0.25) is 0 Å². The molecule has 1 atom stereocenters. The molecule has 0 radical (unpaired) electrons. The molecule has 1 unspecified atom stereocenters. The normalized spacial score (nSPS) is 12.3. The van der Waals surface area contributed by atoms with Gasteiger partial charge in [-0.1, -0.05) is 18.2 Å². The summed E-state index contributed by atoms with van der Waals surface area (Å²) in [5.74, 6) is 0.114. The molecule has 0 saturated carbocycles. The Kier molecular flexibility index (Phi) is 7.13. The number of thiazole rings is 1. The second-order valence-electron chi connectivity index (χ2n) is 6.44. The predicted octanol–water partition coefficient (Wildman–Crippen LogP) is 4.01. The Bertz CT molecular complexity index is 1040. The molecule has 0 bridgehead atoms. The van der Waals surface area contributed by atoms with Gasteiger partial charge in [-0.3, -0.25) is 4.79 Å². The minimum Gasteiger partial charge on any atom is -0.496 e. The van der Waals surface area contributed by atoms with Gasteiger partial charge in [-0.15, -0.1) is 11.3 Å². The first kappa shape index (κ1) is 22.6. The minimum absolute atomic E-state index is 0.0267. The molecule has 0 spiro atoms. The lowest BCUT2D eigenvalue weighted by molar-refractivity contribution is -0.137. The van der Waals surface area contributed by atoms with E-state index in [0.29, 0.717) is 10.8 Å². The summed E-state index contributed by atoms with van der Waals surface area (Å²) in [7, 11) is 1.54. The van der Waals surface area contributed by atoms with Crippen molar-refractivity contribution in [1.82, 2.24) is 10.3 Å². The Morgan fingerprint density at radius 1 is 1.23 bits per heavy atom. The van der Waals surface area contributed by atoms with Crippen LogP contribution in [0.3, 0.4) is 0 Å². The van der Waals surface area contributed by atoms with Gasteiger partial charge >= 0.3 is 6.18 Å². The Morgan fingerprint density at radius 2 is 2.00 bits per heavy atom. The van der Waals surface area contributed by atoms with Crippen LogP contribution in [0.15, 0.2) is 53.9 Å². The van der Waals surface area contributed by atoms with Crippen molar-refractivity contribution in [2.24, 2.45) is 0 Å². The number of benzene rings is 2. The number of halogens is 3. The number of rotatable bonds is 8. The molecule has 0 fully saturated rings. The molecule has 31 heavy (non-hydrogen) atoms. The molecule has 6 nitrogen and oxygen atoms in total. The van der Waals surface area contributed by atoms with Crippen LogP contribution in [0.2, 0.25) is 0 Å². The molecule has 1 aromatic heterocycles. The van der Waals surface area contributed by atoms with Crippen molar-refractivity contribution in [1.29, 1.82) is 0 Å². The van der Waals surface area contributed by atoms with Gasteiger partial charge in [0, 0.05) is 11.9 Å². The molecule has 0 aliphatic rings. The van der Waals surface area contributed by atoms with Crippen LogP contribution in [-0.4, -0.2) is 42.4 Å². The maximum absolute atomic E-state index is 12.7. The zero-order chi connectivity index (χ0) is 22.4. The maximum Gasteiger partial charge on any atom is 0.416 e. The first-order valence-corrected chi connectivity index (χ1v) is 10.0. The summed E-state index contributed by atoms with van der Waals surface area (Å²) in [6.07, 6.45) is -5.60. The van der Waals surface area contributed by atoms with E-state index in [2.05, 4.69) is 10.3 Å². The van der Waals surface area contributed by atoms with Crippen molar-refractivity contribution in [2.75, 3.05) is 20.3 Å². The summed E-state index contributed by atoms with van der Waals surface area (Å²) in [5, 5.41) is 14.7. The number of alkyl halides is 3. The second-order valence-corrected chi connectivity index (χ2v) is 7.30. The summed E-state index contributed by atoms with van der Waals surface area (Å²) in [4.78, 5) is 16.6. The molecule has 3 aromatic rings. The Hall–Kier alpha value is -3.11. The quantitative estimate of drug-likeness (QED) is 0.540. The molecule has 0 aliphatic carbocycles. The van der Waals surface area contributed by atoms with E-state index in [0.717, 1.165) is 17.7 Å². The number of amides is 1. The van der Waals surface area contributed by atoms with E-state index >= 15 is 0 Å². The minimum atomic E-state index is -4.48. The third-order valence-electron chi connectivity index (χ3n) is 4.18. The number of carbonyl (C=O) groups excluding carboxylic acids is 1. The average Bonchev–Trinajstić information content (AvgIpc) is 3.26. The molecule has 164 valence electrons. The SMILES string of the molecule is COc1ccccc1-c1nc(C(=O)NCC(O)COc2cccc(C(F)(F)F)c2)cs1. The third kappa shape index (κ3) is 5.96. The van der Waals surface area contributed by atoms with Gasteiger partial charge in [-0.2, -0.15) is 13.2 Å². The van der Waals surface area contributed by atoms with Gasteiger partial charge in [0.25, 0.3) is 5.91 Å². The first-order chi connectivity index (χ1) is 14.8. The fourth-order valence-electron chi connectivity index (χ4n) is 2.64. The van der Waals surface area contributed by atoms with Crippen LogP contribution < -0.4 is 14.8 Å². The number of ether oxygens (including phenoxy) is 2. The molecule has 1 heterocycles. The van der Waals surface area contributed by atoms with Gasteiger partial charge in [0.1, 0.15) is 34.9 Å². The Balaban J connectivity index is 1.52. The lowest BCUT2D eigenvalue weighted by atomic mass is 10.2. The summed E-state index contributed by atoms with van der Waals surface area (Å²) in [6.45, 7) is -0.440. The van der Waals surface area contributed by atoms with E-state index in [1.54, 1.807) is 18.6 Å². The lowest BCUT2D eigenvalue weighted by Crippen LogP contribution is -2.35. The summed E-state index contributed by atoms with van der Waals surface area (Å²) < 4.78 is 48.7. The number of methoxy groups -OCH3 is 1. The molecular formula is C21H19F3N2O4S. The van der Waals surface area contributed by atoms with E-state index < -0.39 is 23.8 Å². The van der Waals surface area contributed by atoms with E-state index in [-0.39, 0.29) is 24.6 Å². The topological polar surface area (TPSA) is 80.7 Å². The van der Waals surface area contributed by atoms with Crippen molar-refractivity contribution in [2.45, 2.75) is 12.3 Å². The number of hydrogen-bond donors (Lipinski definition) is 2. The van der Waals surface area contributed by atoms with E-state index in [1.165, 1.54) is 23.5 Å². The number of nitrogens with zero attached hydrogens (tertiary/aromatic N) is 1. The van der Waals surface area contributed by atoms with Crippen LogP contribution >= 0.6 is 11.3 Å². The smallest absolute Gasteiger partial charge is 0.416 e. The molecule has 10 heteroatoms. The summed E-state index contributed by atoms with van der Waals surface area (Å²) >= 11 is 1.27.